The Labute approximate surface area is 244 Å². The van der Waals surface area contributed by atoms with Crippen LogP contribution in [-0.2, 0) is 14.3 Å². The SMILES string of the molecule is CCOC(=O)C1=C(c2ccccc2)N=c2s/c(=C/c3ccc(N4CCOCC4)o3)c(=O)n2[C@@H]1c1ccc2c(c1)OCO2. The van der Waals surface area contributed by atoms with Gasteiger partial charge in [0.15, 0.2) is 22.2 Å². The molecule has 11 heteroatoms. The van der Waals surface area contributed by atoms with Crippen LogP contribution >= 0.6 is 11.3 Å². The average Bonchev–Trinajstić information content (AvgIpc) is 3.76. The van der Waals surface area contributed by atoms with Crippen LogP contribution in [0.2, 0.25) is 0 Å². The summed E-state index contributed by atoms with van der Waals surface area (Å²) in [5, 5.41) is 0. The Morgan fingerprint density at radius 3 is 2.69 bits per heavy atom. The van der Waals surface area contributed by atoms with E-state index in [1.807, 2.05) is 48.5 Å². The van der Waals surface area contributed by atoms with Gasteiger partial charge in [0.05, 0.1) is 41.7 Å². The Morgan fingerprint density at radius 1 is 1.07 bits per heavy atom. The van der Waals surface area contributed by atoms with Gasteiger partial charge < -0.3 is 28.3 Å². The van der Waals surface area contributed by atoms with Gasteiger partial charge in [-0.05, 0) is 30.7 Å². The highest BCUT2D eigenvalue weighted by molar-refractivity contribution is 7.07. The number of carbonyl (C=O) groups excluding carboxylic acids is 1. The van der Waals surface area contributed by atoms with Crippen molar-refractivity contribution in [1.29, 1.82) is 0 Å². The number of rotatable bonds is 6. The molecule has 3 aliphatic rings. The van der Waals surface area contributed by atoms with E-state index >= 15 is 0 Å². The third kappa shape index (κ3) is 4.70. The molecule has 0 radical (unpaired) electrons. The van der Waals surface area contributed by atoms with Crippen LogP contribution in [-0.4, -0.2) is 50.2 Å². The Bertz CT molecular complexity index is 1870. The number of thiazole rings is 1. The van der Waals surface area contributed by atoms with Crippen molar-refractivity contribution in [2.45, 2.75) is 13.0 Å². The Hall–Kier alpha value is -4.61. The summed E-state index contributed by atoms with van der Waals surface area (Å²) in [6, 6.07) is 17.8. The highest BCUT2D eigenvalue weighted by Gasteiger charge is 2.36. The lowest BCUT2D eigenvalue weighted by molar-refractivity contribution is -0.138. The smallest absolute Gasteiger partial charge is 0.338 e. The maximum Gasteiger partial charge on any atom is 0.338 e. The third-order valence-corrected chi connectivity index (χ3v) is 8.28. The molecule has 1 fully saturated rings. The largest absolute Gasteiger partial charge is 0.463 e. The first kappa shape index (κ1) is 26.3. The van der Waals surface area contributed by atoms with Crippen molar-refractivity contribution in [3.63, 3.8) is 0 Å². The van der Waals surface area contributed by atoms with Gasteiger partial charge in [0.25, 0.3) is 5.56 Å². The van der Waals surface area contributed by atoms with E-state index in [1.165, 1.54) is 11.3 Å². The Morgan fingerprint density at radius 2 is 1.88 bits per heavy atom. The zero-order valence-corrected chi connectivity index (χ0v) is 23.6. The number of aromatic nitrogens is 1. The molecule has 0 aliphatic carbocycles. The monoisotopic (exact) mass is 585 g/mol. The molecule has 1 saturated heterocycles. The number of hydrogen-bond donors (Lipinski definition) is 0. The summed E-state index contributed by atoms with van der Waals surface area (Å²) in [5.41, 5.74) is 1.85. The zero-order valence-electron chi connectivity index (χ0n) is 22.8. The number of nitrogens with zero attached hydrogens (tertiary/aromatic N) is 3. The molecule has 0 spiro atoms. The van der Waals surface area contributed by atoms with Crippen LogP contribution in [0.25, 0.3) is 11.8 Å². The minimum absolute atomic E-state index is 0.104. The Kier molecular flexibility index (Phi) is 6.88. The first-order valence-electron chi connectivity index (χ1n) is 13.7. The first-order valence-corrected chi connectivity index (χ1v) is 14.5. The van der Waals surface area contributed by atoms with Crippen molar-refractivity contribution < 1.29 is 28.2 Å². The molecule has 42 heavy (non-hydrogen) atoms. The molecule has 4 aromatic rings. The van der Waals surface area contributed by atoms with Gasteiger partial charge in [0, 0.05) is 30.8 Å². The standard InChI is InChI=1S/C31H27N3O7S/c1-2-38-30(36)26-27(19-6-4-3-5-7-19)32-31-34(28(26)20-8-10-22-23(16-20)40-18-39-22)29(35)24(42-31)17-21-9-11-25(41-21)33-12-14-37-15-13-33/h3-11,16-17,28H,2,12-15,18H2,1H3/b24-17+/t28-/m1/s1. The van der Waals surface area contributed by atoms with E-state index in [0.717, 1.165) is 24.5 Å². The number of carbonyl (C=O) groups is 1. The molecule has 1 atom stereocenters. The summed E-state index contributed by atoms with van der Waals surface area (Å²) in [6.45, 7) is 4.79. The molecule has 0 unspecified atom stereocenters. The zero-order chi connectivity index (χ0) is 28.6. The fraction of sp³-hybridized carbons (Fsp3) is 0.258. The molecule has 0 bridgehead atoms. The number of esters is 1. The van der Waals surface area contributed by atoms with E-state index in [2.05, 4.69) is 4.90 Å². The van der Waals surface area contributed by atoms with E-state index in [9.17, 15) is 9.59 Å². The lowest BCUT2D eigenvalue weighted by Crippen LogP contribution is -2.40. The lowest BCUT2D eigenvalue weighted by atomic mass is 9.93. The van der Waals surface area contributed by atoms with Crippen LogP contribution in [0.3, 0.4) is 0 Å². The predicted octanol–water partition coefficient (Wildman–Crippen LogP) is 3.09. The topological polar surface area (TPSA) is 105 Å². The van der Waals surface area contributed by atoms with E-state index in [4.69, 9.17) is 28.4 Å². The molecule has 214 valence electrons. The Balaban J connectivity index is 1.42. The van der Waals surface area contributed by atoms with E-state index in [1.54, 1.807) is 29.7 Å². The van der Waals surface area contributed by atoms with Crippen LogP contribution in [0.1, 0.15) is 29.9 Å². The second-order valence-corrected chi connectivity index (χ2v) is 10.8. The summed E-state index contributed by atoms with van der Waals surface area (Å²) in [4.78, 5) is 35.2. The highest BCUT2D eigenvalue weighted by atomic mass is 32.1. The van der Waals surface area contributed by atoms with Crippen molar-refractivity contribution in [2.75, 3.05) is 44.6 Å². The van der Waals surface area contributed by atoms with Gasteiger partial charge in [-0.25, -0.2) is 9.79 Å². The molecule has 0 saturated carbocycles. The van der Waals surface area contributed by atoms with Gasteiger partial charge in [-0.3, -0.25) is 9.36 Å². The van der Waals surface area contributed by atoms with Crippen LogP contribution in [0.4, 0.5) is 5.88 Å². The van der Waals surface area contributed by atoms with Crippen molar-refractivity contribution >= 4 is 35.0 Å². The summed E-state index contributed by atoms with van der Waals surface area (Å²) in [7, 11) is 0. The summed E-state index contributed by atoms with van der Waals surface area (Å²) < 4.78 is 30.2. The van der Waals surface area contributed by atoms with Gasteiger partial charge in [-0.1, -0.05) is 47.7 Å². The van der Waals surface area contributed by atoms with E-state index < -0.39 is 12.0 Å². The third-order valence-electron chi connectivity index (χ3n) is 7.29. The number of fused-ring (bicyclic) bond motifs is 2. The molecule has 3 aliphatic heterocycles. The van der Waals surface area contributed by atoms with E-state index in [0.29, 0.717) is 51.1 Å². The maximum absolute atomic E-state index is 14.1. The average molecular weight is 586 g/mol. The van der Waals surface area contributed by atoms with Crippen molar-refractivity contribution in [1.82, 2.24) is 4.57 Å². The van der Waals surface area contributed by atoms with Gasteiger partial charge >= 0.3 is 5.97 Å². The second kappa shape index (κ2) is 11.0. The summed E-state index contributed by atoms with van der Waals surface area (Å²) in [5.74, 6) is 1.88. The summed E-state index contributed by atoms with van der Waals surface area (Å²) in [6.07, 6.45) is 1.72. The van der Waals surface area contributed by atoms with Crippen LogP contribution in [0, 0.1) is 0 Å². The molecule has 7 rings (SSSR count). The number of morpholine rings is 1. The minimum atomic E-state index is -0.812. The second-order valence-electron chi connectivity index (χ2n) is 9.82. The minimum Gasteiger partial charge on any atom is -0.463 e. The molecular formula is C31H27N3O7S. The summed E-state index contributed by atoms with van der Waals surface area (Å²) >= 11 is 1.24. The molecule has 10 nitrogen and oxygen atoms in total. The van der Waals surface area contributed by atoms with Crippen molar-refractivity contribution in [3.05, 3.63) is 103 Å². The normalized spacial score (nSPS) is 18.2. The van der Waals surface area contributed by atoms with Gasteiger partial charge in [0.1, 0.15) is 5.76 Å². The quantitative estimate of drug-likeness (QED) is 0.318. The fourth-order valence-electron chi connectivity index (χ4n) is 5.34. The number of furan rings is 1. The maximum atomic E-state index is 14.1. The fourth-order valence-corrected chi connectivity index (χ4v) is 6.32. The molecule has 5 heterocycles. The first-order chi connectivity index (χ1) is 20.6. The van der Waals surface area contributed by atoms with Gasteiger partial charge in [-0.15, -0.1) is 0 Å². The molecule has 2 aromatic carbocycles. The van der Waals surface area contributed by atoms with Gasteiger partial charge in [-0.2, -0.15) is 0 Å². The van der Waals surface area contributed by atoms with Crippen LogP contribution in [0.5, 0.6) is 11.5 Å². The molecule has 0 amide bonds. The predicted molar refractivity (Wildman–Crippen MR) is 155 cm³/mol. The van der Waals surface area contributed by atoms with Crippen LogP contribution in [0.15, 0.2) is 80.4 Å². The number of ether oxygens (including phenoxy) is 4. The lowest BCUT2D eigenvalue weighted by Gasteiger charge is -2.26. The van der Waals surface area contributed by atoms with E-state index in [-0.39, 0.29) is 24.5 Å². The van der Waals surface area contributed by atoms with Gasteiger partial charge in [0.2, 0.25) is 6.79 Å². The molecular weight excluding hydrogens is 558 g/mol. The van der Waals surface area contributed by atoms with Crippen molar-refractivity contribution in [2.24, 2.45) is 4.99 Å². The number of anilines is 1. The van der Waals surface area contributed by atoms with Crippen molar-refractivity contribution in [3.8, 4) is 11.5 Å². The highest BCUT2D eigenvalue weighted by Crippen LogP contribution is 2.40. The molecule has 2 aromatic heterocycles. The molecule has 0 N–H and O–H groups in total. The van der Waals surface area contributed by atoms with Crippen LogP contribution < -0.4 is 29.3 Å². The number of hydrogen-bond acceptors (Lipinski definition) is 10. The number of benzene rings is 2.